The van der Waals surface area contributed by atoms with Crippen LogP contribution >= 0.6 is 11.6 Å². The predicted molar refractivity (Wildman–Crippen MR) is 60.0 cm³/mol. The second-order valence-corrected chi connectivity index (χ2v) is 3.87. The fraction of sp³-hybridized carbons (Fsp3) is 0.273. The molecule has 0 bridgehead atoms. The fourth-order valence-electron chi connectivity index (χ4n) is 1.67. The molecule has 4 nitrogen and oxygen atoms in total. The van der Waals surface area contributed by atoms with E-state index in [-0.39, 0.29) is 24.7 Å². The highest BCUT2D eigenvalue weighted by Crippen LogP contribution is 2.35. The number of hydrogen-bond donors (Lipinski definition) is 0. The lowest BCUT2D eigenvalue weighted by Gasteiger charge is -2.17. The van der Waals surface area contributed by atoms with Crippen LogP contribution in [0.3, 0.4) is 0 Å². The van der Waals surface area contributed by atoms with Crippen LogP contribution in [0.1, 0.15) is 6.42 Å². The molecule has 1 aliphatic rings. The number of carbonyl (C=O) groups is 2. The normalized spacial score (nSPS) is 15.8. The molecule has 1 fully saturated rings. The number of halogens is 1. The Hall–Kier alpha value is -1.55. The lowest BCUT2D eigenvalue weighted by Crippen LogP contribution is -2.24. The Balaban J connectivity index is 2.41. The average molecular weight is 240 g/mol. The monoisotopic (exact) mass is 239 g/mol. The molecule has 1 saturated heterocycles. The van der Waals surface area contributed by atoms with Gasteiger partial charge in [0.25, 0.3) is 0 Å². The van der Waals surface area contributed by atoms with Crippen LogP contribution < -0.4 is 9.64 Å². The predicted octanol–water partition coefficient (Wildman–Crippen LogP) is 1.65. The number of amides is 1. The molecular formula is C11H10ClNO3. The Morgan fingerprint density at radius 3 is 2.69 bits per heavy atom. The third kappa shape index (κ3) is 1.76. The van der Waals surface area contributed by atoms with E-state index in [4.69, 9.17) is 16.3 Å². The summed E-state index contributed by atoms with van der Waals surface area (Å²) < 4.78 is 5.05. The summed E-state index contributed by atoms with van der Waals surface area (Å²) >= 11 is 6.07. The molecule has 1 aromatic carbocycles. The Labute approximate surface area is 97.7 Å². The highest BCUT2D eigenvalue weighted by molar-refractivity contribution is 6.35. The lowest BCUT2D eigenvalue weighted by atomic mass is 10.2. The molecular weight excluding hydrogens is 230 g/mol. The van der Waals surface area contributed by atoms with E-state index in [0.717, 1.165) is 0 Å². The van der Waals surface area contributed by atoms with E-state index in [2.05, 4.69) is 0 Å². The van der Waals surface area contributed by atoms with Crippen molar-refractivity contribution in [3.05, 3.63) is 23.2 Å². The molecule has 84 valence electrons. The van der Waals surface area contributed by atoms with Gasteiger partial charge in [0.1, 0.15) is 10.8 Å². The van der Waals surface area contributed by atoms with Crippen molar-refractivity contribution in [2.75, 3.05) is 18.6 Å². The summed E-state index contributed by atoms with van der Waals surface area (Å²) in [5.41, 5.74) is 0.525. The van der Waals surface area contributed by atoms with Crippen LogP contribution in [-0.4, -0.2) is 25.3 Å². The summed E-state index contributed by atoms with van der Waals surface area (Å²) in [5, 5.41) is 0.355. The summed E-state index contributed by atoms with van der Waals surface area (Å²) in [6, 6.07) is 5.13. The molecule has 0 atom stereocenters. The topological polar surface area (TPSA) is 46.6 Å². The molecule has 2 rings (SSSR count). The van der Waals surface area contributed by atoms with Gasteiger partial charge in [0.2, 0.25) is 5.91 Å². The van der Waals surface area contributed by atoms with Crippen molar-refractivity contribution in [3.8, 4) is 5.75 Å². The van der Waals surface area contributed by atoms with Crippen molar-refractivity contribution in [3.63, 3.8) is 0 Å². The Bertz CT molecular complexity index is 459. The summed E-state index contributed by atoms with van der Waals surface area (Å²) in [5.74, 6) is 0.176. The van der Waals surface area contributed by atoms with Crippen molar-refractivity contribution >= 4 is 29.0 Å². The van der Waals surface area contributed by atoms with Gasteiger partial charge in [-0.1, -0.05) is 17.7 Å². The van der Waals surface area contributed by atoms with E-state index in [1.807, 2.05) is 0 Å². The number of ether oxygens (including phenoxy) is 1. The molecule has 0 unspecified atom stereocenters. The van der Waals surface area contributed by atoms with Gasteiger partial charge in [-0.15, -0.1) is 0 Å². The van der Waals surface area contributed by atoms with Crippen molar-refractivity contribution < 1.29 is 14.3 Å². The summed E-state index contributed by atoms with van der Waals surface area (Å²) in [4.78, 5) is 24.1. The van der Waals surface area contributed by atoms with Crippen molar-refractivity contribution in [1.82, 2.24) is 0 Å². The Kier molecular flexibility index (Phi) is 2.83. The van der Waals surface area contributed by atoms with E-state index < -0.39 is 0 Å². The largest absolute Gasteiger partial charge is 0.495 e. The quantitative estimate of drug-likeness (QED) is 0.738. The van der Waals surface area contributed by atoms with E-state index >= 15 is 0 Å². The van der Waals surface area contributed by atoms with Gasteiger partial charge in [-0.25, -0.2) is 0 Å². The zero-order chi connectivity index (χ0) is 11.7. The average Bonchev–Trinajstić information content (AvgIpc) is 2.58. The van der Waals surface area contributed by atoms with Crippen LogP contribution in [-0.2, 0) is 9.59 Å². The number of ketones is 1. The van der Waals surface area contributed by atoms with Gasteiger partial charge in [-0.05, 0) is 12.1 Å². The van der Waals surface area contributed by atoms with Gasteiger partial charge in [-0.2, -0.15) is 0 Å². The minimum atomic E-state index is -0.222. The molecule has 0 saturated carbocycles. The standard InChI is InChI=1S/C11H10ClNO3/c1-16-9-4-2-3-8(11(9)12)13-6-7(14)5-10(13)15/h2-4H,5-6H2,1H3. The van der Waals surface area contributed by atoms with E-state index in [1.165, 1.54) is 12.0 Å². The molecule has 0 N–H and O–H groups in total. The molecule has 1 aliphatic heterocycles. The maximum absolute atomic E-state index is 11.5. The lowest BCUT2D eigenvalue weighted by molar-refractivity contribution is -0.121. The molecule has 1 amide bonds. The van der Waals surface area contributed by atoms with Gasteiger partial charge in [0, 0.05) is 0 Å². The van der Waals surface area contributed by atoms with Crippen LogP contribution in [0, 0.1) is 0 Å². The highest BCUT2D eigenvalue weighted by Gasteiger charge is 2.30. The molecule has 16 heavy (non-hydrogen) atoms. The molecule has 0 aliphatic carbocycles. The minimum Gasteiger partial charge on any atom is -0.495 e. The van der Waals surface area contributed by atoms with Crippen molar-refractivity contribution in [1.29, 1.82) is 0 Å². The maximum atomic E-state index is 11.5. The third-order valence-corrected chi connectivity index (χ3v) is 2.82. The van der Waals surface area contributed by atoms with Crippen LogP contribution in [0.25, 0.3) is 0 Å². The summed E-state index contributed by atoms with van der Waals surface area (Å²) in [6.45, 7) is 0.0890. The van der Waals surface area contributed by atoms with Crippen LogP contribution in [0.2, 0.25) is 5.02 Å². The second kappa shape index (κ2) is 4.14. The number of methoxy groups -OCH3 is 1. The van der Waals surface area contributed by atoms with Crippen LogP contribution in [0.4, 0.5) is 5.69 Å². The first kappa shape index (κ1) is 11.0. The van der Waals surface area contributed by atoms with Gasteiger partial charge in [0.15, 0.2) is 5.78 Å². The molecule has 0 radical (unpaired) electrons. The molecule has 5 heteroatoms. The highest BCUT2D eigenvalue weighted by atomic mass is 35.5. The first-order valence-electron chi connectivity index (χ1n) is 4.78. The van der Waals surface area contributed by atoms with E-state index in [0.29, 0.717) is 16.5 Å². The van der Waals surface area contributed by atoms with Crippen LogP contribution in [0.15, 0.2) is 18.2 Å². The Morgan fingerprint density at radius 1 is 1.38 bits per heavy atom. The molecule has 0 spiro atoms. The van der Waals surface area contributed by atoms with Crippen molar-refractivity contribution in [2.24, 2.45) is 0 Å². The van der Waals surface area contributed by atoms with E-state index in [9.17, 15) is 9.59 Å². The summed E-state index contributed by atoms with van der Waals surface area (Å²) in [7, 11) is 1.50. The minimum absolute atomic E-state index is 0.0481. The van der Waals surface area contributed by atoms with Gasteiger partial charge >= 0.3 is 0 Å². The third-order valence-electron chi connectivity index (χ3n) is 2.44. The SMILES string of the molecule is COc1cccc(N2CC(=O)CC2=O)c1Cl. The zero-order valence-electron chi connectivity index (χ0n) is 8.70. The first-order valence-corrected chi connectivity index (χ1v) is 5.16. The number of carbonyl (C=O) groups excluding carboxylic acids is 2. The number of benzene rings is 1. The molecule has 1 heterocycles. The Morgan fingerprint density at radius 2 is 2.12 bits per heavy atom. The summed E-state index contributed by atoms with van der Waals surface area (Å²) in [6.07, 6.45) is -0.0481. The molecule has 1 aromatic rings. The van der Waals surface area contributed by atoms with Gasteiger partial charge in [-0.3, -0.25) is 9.59 Å². The van der Waals surface area contributed by atoms with Gasteiger partial charge < -0.3 is 9.64 Å². The van der Waals surface area contributed by atoms with Gasteiger partial charge in [0.05, 0.1) is 25.8 Å². The fourth-order valence-corrected chi connectivity index (χ4v) is 1.97. The number of anilines is 1. The second-order valence-electron chi connectivity index (χ2n) is 3.49. The molecule has 0 aromatic heterocycles. The number of nitrogens with zero attached hydrogens (tertiary/aromatic N) is 1. The number of Topliss-reactive ketones (excluding diaryl/α,β-unsaturated/α-hetero) is 1. The van der Waals surface area contributed by atoms with Crippen molar-refractivity contribution in [2.45, 2.75) is 6.42 Å². The van der Waals surface area contributed by atoms with E-state index in [1.54, 1.807) is 18.2 Å². The van der Waals surface area contributed by atoms with Crippen LogP contribution in [0.5, 0.6) is 5.75 Å². The smallest absolute Gasteiger partial charge is 0.234 e. The first-order chi connectivity index (χ1) is 7.63. The number of rotatable bonds is 2. The maximum Gasteiger partial charge on any atom is 0.234 e. The zero-order valence-corrected chi connectivity index (χ0v) is 9.45. The number of hydrogen-bond acceptors (Lipinski definition) is 3.